The van der Waals surface area contributed by atoms with Crippen molar-refractivity contribution in [2.24, 2.45) is 23.3 Å². The Morgan fingerprint density at radius 3 is 1.97 bits per heavy atom. The van der Waals surface area contributed by atoms with Gasteiger partial charge in [-0.2, -0.15) is 0 Å². The quantitative estimate of drug-likeness (QED) is 0.0468. The van der Waals surface area contributed by atoms with Gasteiger partial charge < -0.3 is 63.7 Å². The van der Waals surface area contributed by atoms with Crippen LogP contribution in [0.15, 0.2) is 54.7 Å². The molecule has 0 saturated carbocycles. The average Bonchev–Trinajstić information content (AvgIpc) is 3.65. The van der Waals surface area contributed by atoms with E-state index in [0.29, 0.717) is 36.9 Å². The van der Waals surface area contributed by atoms with E-state index in [1.165, 1.54) is 24.3 Å². The normalized spacial score (nSPS) is 14.6. The molecule has 0 radical (unpaired) electrons. The predicted molar refractivity (Wildman–Crippen MR) is 231 cm³/mol. The molecule has 0 fully saturated rings. The van der Waals surface area contributed by atoms with E-state index in [1.54, 1.807) is 13.1 Å². The van der Waals surface area contributed by atoms with Gasteiger partial charge in [0.1, 0.15) is 36.0 Å². The van der Waals surface area contributed by atoms with Crippen LogP contribution in [0.2, 0.25) is 0 Å². The zero-order chi connectivity index (χ0) is 45.9. The minimum Gasteiger partial charge on any atom is -0.508 e. The maximum absolute atomic E-state index is 14.0. The van der Waals surface area contributed by atoms with Crippen molar-refractivity contribution in [2.45, 2.75) is 109 Å². The molecule has 3 aromatic rings. The van der Waals surface area contributed by atoms with Crippen LogP contribution in [0, 0.1) is 11.8 Å². The molecule has 0 spiro atoms. The molecule has 14 N–H and O–H groups in total. The molecule has 2 aromatic carbocycles. The molecule has 0 unspecified atom stereocenters. The Kier molecular flexibility index (Phi) is 20.3. The highest BCUT2D eigenvalue weighted by Crippen LogP contribution is 2.20. The number of hydrogen-bond acceptors (Lipinski definition) is 11. The lowest BCUT2D eigenvalue weighted by atomic mass is 9.99. The van der Waals surface area contributed by atoms with Gasteiger partial charge in [0.05, 0.1) is 19.2 Å². The first-order chi connectivity index (χ1) is 29.5. The molecule has 1 aromatic heterocycles. The molecule has 7 atom stereocenters. The highest BCUT2D eigenvalue weighted by Gasteiger charge is 2.32. The van der Waals surface area contributed by atoms with Gasteiger partial charge in [0.25, 0.3) is 0 Å². The molecule has 1 heterocycles. The van der Waals surface area contributed by atoms with Gasteiger partial charge in [-0.05, 0) is 73.4 Å². The summed E-state index contributed by atoms with van der Waals surface area (Å²) < 4.78 is 0. The number of H-pyrrole nitrogens is 1. The zero-order valence-electron chi connectivity index (χ0n) is 35.7. The molecular formula is C43H63N9O10. The smallest absolute Gasteiger partial charge is 0.326 e. The number of benzene rings is 2. The van der Waals surface area contributed by atoms with Crippen molar-refractivity contribution >= 4 is 52.3 Å². The number of nitrogens with two attached hydrogens (primary N) is 2. The number of aromatic amines is 1. The fraction of sp³-hybridized carbons (Fsp3) is 0.512. The van der Waals surface area contributed by atoms with Gasteiger partial charge >= 0.3 is 5.97 Å². The Morgan fingerprint density at radius 1 is 0.726 bits per heavy atom. The molecule has 62 heavy (non-hydrogen) atoms. The number of unbranched alkanes of at least 4 members (excludes halogenated alkanes) is 1. The number of fused-ring (bicyclic) bond motifs is 1. The van der Waals surface area contributed by atoms with E-state index in [9.17, 15) is 48.9 Å². The minimum atomic E-state index is -1.41. The summed E-state index contributed by atoms with van der Waals surface area (Å²) in [5.41, 5.74) is 13.6. The number of aliphatic carboxylic acids is 1. The summed E-state index contributed by atoms with van der Waals surface area (Å²) in [4.78, 5) is 95.8. The lowest BCUT2D eigenvalue weighted by Gasteiger charge is -2.26. The maximum Gasteiger partial charge on any atom is 0.326 e. The Hall–Kier alpha value is -6.05. The molecule has 0 bridgehead atoms. The lowest BCUT2D eigenvalue weighted by Crippen LogP contribution is -2.58. The zero-order valence-corrected chi connectivity index (χ0v) is 35.7. The molecular weight excluding hydrogens is 803 g/mol. The Bertz CT molecular complexity index is 1970. The molecule has 0 saturated heterocycles. The number of aliphatic hydroxyl groups excluding tert-OH is 1. The third kappa shape index (κ3) is 15.8. The van der Waals surface area contributed by atoms with E-state index >= 15 is 0 Å². The van der Waals surface area contributed by atoms with E-state index in [0.717, 1.165) is 10.9 Å². The Morgan fingerprint density at radius 2 is 1.34 bits per heavy atom. The standard InChI is InChI=1S/C43H63N9O10/c1-5-25(4)37(45)42(60)52-35(23-53)41(59)49-31(12-8-9-17-44)38(56)47-22-36(55)48-32(18-24(2)3)39(57)50-33(20-27-21-46-30-11-7-6-10-29(27)30)40(58)51-34(43(61)62)19-26-13-15-28(54)16-14-26/h6-7,10-11,13-16,21,24-25,31-35,37,46,53-54H,5,8-9,12,17-20,22-23,44-45H2,1-4H3,(H,47,56)(H,48,55)(H,49,59)(H,50,57)(H,51,58)(H,52,60)(H,61,62)/t25-,31-,32-,33-,34-,35-,37-/m0/s1. The summed E-state index contributed by atoms with van der Waals surface area (Å²) in [5, 5.41) is 45.7. The van der Waals surface area contributed by atoms with Crippen molar-refractivity contribution in [3.8, 4) is 5.75 Å². The first kappa shape index (κ1) is 50.3. The number of amides is 6. The van der Waals surface area contributed by atoms with Gasteiger partial charge in [-0.15, -0.1) is 0 Å². The van der Waals surface area contributed by atoms with Crippen LogP contribution in [-0.2, 0) is 46.4 Å². The number of carbonyl (C=O) groups is 7. The van der Waals surface area contributed by atoms with Crippen LogP contribution in [-0.4, -0.2) is 118 Å². The van der Waals surface area contributed by atoms with Crippen molar-refractivity contribution in [3.63, 3.8) is 0 Å². The number of carboxylic acid groups (broad SMARTS) is 1. The number of phenols is 1. The summed E-state index contributed by atoms with van der Waals surface area (Å²) >= 11 is 0. The van der Waals surface area contributed by atoms with Crippen LogP contribution in [0.5, 0.6) is 5.75 Å². The number of nitrogens with one attached hydrogen (secondary N) is 7. The lowest BCUT2D eigenvalue weighted by molar-refractivity contribution is -0.142. The average molecular weight is 866 g/mol. The van der Waals surface area contributed by atoms with Crippen LogP contribution < -0.4 is 43.4 Å². The number of aromatic hydroxyl groups is 1. The monoisotopic (exact) mass is 865 g/mol. The van der Waals surface area contributed by atoms with Gasteiger partial charge in [0, 0.05) is 29.9 Å². The third-order valence-electron chi connectivity index (χ3n) is 10.5. The van der Waals surface area contributed by atoms with Crippen LogP contribution in [0.4, 0.5) is 0 Å². The number of para-hydroxylation sites is 1. The van der Waals surface area contributed by atoms with E-state index in [4.69, 9.17) is 11.5 Å². The van der Waals surface area contributed by atoms with Crippen molar-refractivity contribution < 1.29 is 48.9 Å². The Labute approximate surface area is 360 Å². The molecule has 0 aliphatic carbocycles. The molecule has 340 valence electrons. The topological polar surface area (TPSA) is 320 Å². The summed E-state index contributed by atoms with van der Waals surface area (Å²) in [6.45, 7) is 6.20. The van der Waals surface area contributed by atoms with Gasteiger partial charge in [-0.3, -0.25) is 28.8 Å². The van der Waals surface area contributed by atoms with Gasteiger partial charge in [-0.25, -0.2) is 4.79 Å². The fourth-order valence-electron chi connectivity index (χ4n) is 6.59. The van der Waals surface area contributed by atoms with Crippen molar-refractivity contribution in [1.82, 2.24) is 36.9 Å². The summed E-state index contributed by atoms with van der Waals surface area (Å²) in [7, 11) is 0. The van der Waals surface area contributed by atoms with E-state index in [-0.39, 0.29) is 43.3 Å². The second-order valence-corrected chi connectivity index (χ2v) is 15.9. The molecule has 6 amide bonds. The summed E-state index contributed by atoms with van der Waals surface area (Å²) in [5.74, 6) is -6.19. The second kappa shape index (κ2) is 25.0. The van der Waals surface area contributed by atoms with Crippen molar-refractivity contribution in [1.29, 1.82) is 0 Å². The number of aromatic nitrogens is 1. The Balaban J connectivity index is 1.76. The fourth-order valence-corrected chi connectivity index (χ4v) is 6.59. The SMILES string of the molecule is CC[C@H](C)[C@H](N)C(=O)N[C@@H](CO)C(=O)N[C@@H](CCCCN)C(=O)NCC(=O)N[C@@H](CC(C)C)C(=O)N[C@@H](Cc1c[nH]c2ccccc12)C(=O)N[C@@H](Cc1ccc(O)cc1)C(=O)O. The molecule has 19 nitrogen and oxygen atoms in total. The van der Waals surface area contributed by atoms with Crippen LogP contribution >= 0.6 is 0 Å². The van der Waals surface area contributed by atoms with Crippen LogP contribution in [0.1, 0.15) is 70.9 Å². The number of carboxylic acids is 1. The number of phenolic OH excluding ortho intramolecular Hbond substituents is 1. The van der Waals surface area contributed by atoms with Gasteiger partial charge in [0.15, 0.2) is 0 Å². The first-order valence-electron chi connectivity index (χ1n) is 20.9. The molecule has 0 aliphatic heterocycles. The van der Waals surface area contributed by atoms with Gasteiger partial charge in [0.2, 0.25) is 35.4 Å². The van der Waals surface area contributed by atoms with E-state index in [2.05, 4.69) is 36.9 Å². The minimum absolute atomic E-state index is 0.0122. The first-order valence-corrected chi connectivity index (χ1v) is 20.9. The number of aliphatic hydroxyl groups is 1. The van der Waals surface area contributed by atoms with Crippen LogP contribution in [0.25, 0.3) is 10.9 Å². The van der Waals surface area contributed by atoms with E-state index < -0.39 is 90.8 Å². The maximum atomic E-state index is 14.0. The van der Waals surface area contributed by atoms with Crippen molar-refractivity contribution in [2.75, 3.05) is 19.7 Å². The summed E-state index contributed by atoms with van der Waals surface area (Å²) in [6, 6.07) is 5.76. The highest BCUT2D eigenvalue weighted by molar-refractivity contribution is 5.96. The number of rotatable bonds is 26. The number of carbonyl (C=O) groups excluding carboxylic acids is 6. The summed E-state index contributed by atoms with van der Waals surface area (Å²) in [6.07, 6.45) is 3.31. The van der Waals surface area contributed by atoms with E-state index in [1.807, 2.05) is 45.0 Å². The van der Waals surface area contributed by atoms with Crippen molar-refractivity contribution in [3.05, 3.63) is 65.9 Å². The second-order valence-electron chi connectivity index (χ2n) is 15.9. The molecule has 3 rings (SSSR count). The number of hydrogen-bond donors (Lipinski definition) is 12. The molecule has 19 heteroatoms. The third-order valence-corrected chi connectivity index (χ3v) is 10.5. The van der Waals surface area contributed by atoms with Crippen LogP contribution in [0.3, 0.4) is 0 Å². The van der Waals surface area contributed by atoms with Gasteiger partial charge in [-0.1, -0.05) is 64.4 Å². The molecule has 0 aliphatic rings. The highest BCUT2D eigenvalue weighted by atomic mass is 16.4. The predicted octanol–water partition coefficient (Wildman–Crippen LogP) is -0.176. The largest absolute Gasteiger partial charge is 0.508 e.